The maximum absolute atomic E-state index is 12.1. The Morgan fingerprint density at radius 2 is 1.91 bits per heavy atom. The zero-order valence-electron chi connectivity index (χ0n) is 19.8. The third-order valence-electron chi connectivity index (χ3n) is 6.98. The van der Waals surface area contributed by atoms with Gasteiger partial charge in [-0.25, -0.2) is 0 Å². The summed E-state index contributed by atoms with van der Waals surface area (Å²) >= 11 is 0. The largest absolute Gasteiger partial charge is 0.381 e. The highest BCUT2D eigenvalue weighted by Gasteiger charge is 2.31. The van der Waals surface area contributed by atoms with Gasteiger partial charge in [-0.3, -0.25) is 15.0 Å². The monoisotopic (exact) mass is 461 g/mol. The molecule has 1 saturated heterocycles. The molecule has 1 aromatic heterocycles. The fourth-order valence-electron chi connectivity index (χ4n) is 4.91. The minimum Gasteiger partial charge on any atom is -0.381 e. The van der Waals surface area contributed by atoms with Crippen molar-refractivity contribution in [3.63, 3.8) is 0 Å². The molecule has 178 valence electrons. The summed E-state index contributed by atoms with van der Waals surface area (Å²) in [5.41, 5.74) is 6.23. The molecule has 2 aromatic rings. The van der Waals surface area contributed by atoms with E-state index in [2.05, 4.69) is 28.4 Å². The molecule has 8 nitrogen and oxygen atoms in total. The number of pyridine rings is 1. The van der Waals surface area contributed by atoms with Gasteiger partial charge in [0.05, 0.1) is 25.8 Å². The summed E-state index contributed by atoms with van der Waals surface area (Å²) in [4.78, 5) is 27.8. The van der Waals surface area contributed by atoms with Gasteiger partial charge in [-0.15, -0.1) is 0 Å². The highest BCUT2D eigenvalue weighted by molar-refractivity contribution is 6.09. The Hall–Kier alpha value is -3.39. The number of hydrogen-bond acceptors (Lipinski definition) is 5. The number of nitrogens with zero attached hydrogens (tertiary/aromatic N) is 3. The van der Waals surface area contributed by atoms with Crippen molar-refractivity contribution in [3.05, 3.63) is 63.7 Å². The maximum atomic E-state index is 12.1. The lowest BCUT2D eigenvalue weighted by Crippen LogP contribution is -2.50. The number of rotatable bonds is 4. The third-order valence-corrected chi connectivity index (χ3v) is 6.98. The third kappa shape index (κ3) is 4.25. The Morgan fingerprint density at radius 3 is 2.62 bits per heavy atom. The van der Waals surface area contributed by atoms with E-state index >= 15 is 0 Å². The van der Waals surface area contributed by atoms with Crippen molar-refractivity contribution in [2.45, 2.75) is 32.2 Å². The van der Waals surface area contributed by atoms with Crippen molar-refractivity contribution in [3.8, 4) is 11.1 Å². The van der Waals surface area contributed by atoms with Crippen LogP contribution in [0, 0.1) is 5.41 Å². The second-order valence-electron chi connectivity index (χ2n) is 9.34. The van der Waals surface area contributed by atoms with Crippen LogP contribution >= 0.6 is 0 Å². The van der Waals surface area contributed by atoms with E-state index in [1.807, 2.05) is 17.2 Å². The van der Waals surface area contributed by atoms with Gasteiger partial charge < -0.3 is 24.4 Å². The van der Waals surface area contributed by atoms with Gasteiger partial charge in [-0.05, 0) is 47.7 Å². The lowest BCUT2D eigenvalue weighted by molar-refractivity contribution is -0.128. The van der Waals surface area contributed by atoms with Gasteiger partial charge in [0.25, 0.3) is 0 Å². The predicted octanol–water partition coefficient (Wildman–Crippen LogP) is 2.28. The molecular formula is C26H31N5O3. The number of anilines is 1. The Bertz CT molecular complexity index is 1230. The number of aryl methyl sites for hydroxylation is 2. The van der Waals surface area contributed by atoms with Crippen LogP contribution in [0.3, 0.4) is 0 Å². The first-order valence-corrected chi connectivity index (χ1v) is 11.9. The smallest absolute Gasteiger partial charge is 0.250 e. The van der Waals surface area contributed by atoms with Gasteiger partial charge in [0.1, 0.15) is 5.84 Å². The molecule has 3 aliphatic rings. The highest BCUT2D eigenvalue weighted by Crippen LogP contribution is 2.33. The Balaban J connectivity index is 1.46. The van der Waals surface area contributed by atoms with Gasteiger partial charge in [-0.2, -0.15) is 0 Å². The molecule has 0 saturated carbocycles. The Kier molecular flexibility index (Phi) is 6.00. The molecule has 2 N–H and O–H groups in total. The summed E-state index contributed by atoms with van der Waals surface area (Å²) < 4.78 is 6.92. The fraction of sp³-hybridized carbons (Fsp3) is 0.423. The van der Waals surface area contributed by atoms with Crippen molar-refractivity contribution in [1.29, 1.82) is 5.41 Å². The average Bonchev–Trinajstić information content (AvgIpc) is 2.82. The number of ether oxygens (including phenoxy) is 1. The van der Waals surface area contributed by atoms with E-state index in [-0.39, 0.29) is 17.5 Å². The maximum Gasteiger partial charge on any atom is 0.250 e. The number of amidine groups is 1. The number of aromatic nitrogens is 1. The highest BCUT2D eigenvalue weighted by atomic mass is 16.5. The summed E-state index contributed by atoms with van der Waals surface area (Å²) in [5.74, 6) is 0.502. The van der Waals surface area contributed by atoms with Crippen LogP contribution in [-0.2, 0) is 23.0 Å². The zero-order chi connectivity index (χ0) is 23.8. The summed E-state index contributed by atoms with van der Waals surface area (Å²) in [6.45, 7) is 4.85. The van der Waals surface area contributed by atoms with Crippen LogP contribution in [-0.4, -0.2) is 60.1 Å². The van der Waals surface area contributed by atoms with Gasteiger partial charge in [0.15, 0.2) is 0 Å². The SMILES string of the molecule is CC(=O)N1CCC(NC2COC2)=C(C(=N)N2CCCc3cc(-c4ccc(=O)n(C)c4)ccc32)C1. The van der Waals surface area contributed by atoms with Crippen LogP contribution < -0.4 is 15.8 Å². The lowest BCUT2D eigenvalue weighted by Gasteiger charge is -2.38. The van der Waals surface area contributed by atoms with Gasteiger partial charge in [-0.1, -0.05) is 6.07 Å². The molecule has 5 rings (SSSR count). The Labute approximate surface area is 199 Å². The molecule has 8 heteroatoms. The molecular weight excluding hydrogens is 430 g/mol. The number of amides is 1. The number of fused-ring (bicyclic) bond motifs is 1. The van der Waals surface area contributed by atoms with Crippen LogP contribution in [0.1, 0.15) is 25.3 Å². The fourth-order valence-corrected chi connectivity index (χ4v) is 4.91. The number of hydrogen-bond donors (Lipinski definition) is 2. The Morgan fingerprint density at radius 1 is 1.12 bits per heavy atom. The van der Waals surface area contributed by atoms with E-state index < -0.39 is 0 Å². The first-order valence-electron chi connectivity index (χ1n) is 11.9. The number of carbonyl (C=O) groups is 1. The van der Waals surface area contributed by atoms with E-state index in [0.29, 0.717) is 32.1 Å². The van der Waals surface area contributed by atoms with Crippen LogP contribution in [0.5, 0.6) is 0 Å². The van der Waals surface area contributed by atoms with Crippen molar-refractivity contribution >= 4 is 17.4 Å². The summed E-state index contributed by atoms with van der Waals surface area (Å²) in [6, 6.07) is 10.1. The van der Waals surface area contributed by atoms with Crippen LogP contribution in [0.15, 0.2) is 52.6 Å². The lowest BCUT2D eigenvalue weighted by atomic mass is 9.95. The van der Waals surface area contributed by atoms with Crippen molar-refractivity contribution in [2.75, 3.05) is 37.7 Å². The predicted molar refractivity (Wildman–Crippen MR) is 132 cm³/mol. The van der Waals surface area contributed by atoms with Crippen molar-refractivity contribution in [1.82, 2.24) is 14.8 Å². The molecule has 0 radical (unpaired) electrons. The zero-order valence-corrected chi connectivity index (χ0v) is 19.8. The molecule has 1 amide bonds. The molecule has 0 bridgehead atoms. The van der Waals surface area contributed by atoms with E-state index in [4.69, 9.17) is 4.74 Å². The topological polar surface area (TPSA) is 90.7 Å². The minimum absolute atomic E-state index is 0.0282. The first kappa shape index (κ1) is 22.4. The molecule has 34 heavy (non-hydrogen) atoms. The van der Waals surface area contributed by atoms with E-state index in [1.54, 1.807) is 24.6 Å². The minimum atomic E-state index is -0.0282. The van der Waals surface area contributed by atoms with Gasteiger partial charge in [0.2, 0.25) is 11.5 Å². The van der Waals surface area contributed by atoms with Crippen molar-refractivity contribution < 1.29 is 9.53 Å². The van der Waals surface area contributed by atoms with Gasteiger partial charge in [0, 0.05) is 62.7 Å². The molecule has 0 unspecified atom stereocenters. The second kappa shape index (κ2) is 9.10. The average molecular weight is 462 g/mol. The molecule has 0 spiro atoms. The van der Waals surface area contributed by atoms with Gasteiger partial charge >= 0.3 is 0 Å². The normalized spacial score (nSPS) is 18.4. The molecule has 3 aliphatic heterocycles. The number of carbonyl (C=O) groups excluding carboxylic acids is 1. The summed E-state index contributed by atoms with van der Waals surface area (Å²) in [5, 5.41) is 12.8. The molecule has 0 atom stereocenters. The summed E-state index contributed by atoms with van der Waals surface area (Å²) in [7, 11) is 1.76. The molecule has 4 heterocycles. The van der Waals surface area contributed by atoms with E-state index in [9.17, 15) is 15.0 Å². The number of nitrogens with one attached hydrogen (secondary N) is 2. The quantitative estimate of drug-likeness (QED) is 0.539. The molecule has 1 aromatic carbocycles. The standard InChI is InChI=1S/C26H31N5O3/c1-17(32)30-11-9-23(28-21-15-34-16-21)22(14-30)26(27)31-10-3-4-19-12-18(5-7-24(19)31)20-6-8-25(33)29(2)13-20/h5-8,12-13,21,27-28H,3-4,9-11,14-16H2,1-2H3. The van der Waals surface area contributed by atoms with Crippen LogP contribution in [0.4, 0.5) is 5.69 Å². The van der Waals surface area contributed by atoms with E-state index in [0.717, 1.165) is 53.9 Å². The molecule has 0 aliphatic carbocycles. The number of benzene rings is 1. The first-order chi connectivity index (χ1) is 16.4. The van der Waals surface area contributed by atoms with Crippen LogP contribution in [0.25, 0.3) is 11.1 Å². The second-order valence-corrected chi connectivity index (χ2v) is 9.34. The molecule has 1 fully saturated rings. The van der Waals surface area contributed by atoms with E-state index in [1.165, 1.54) is 5.56 Å². The van der Waals surface area contributed by atoms with Crippen LogP contribution in [0.2, 0.25) is 0 Å². The van der Waals surface area contributed by atoms with Crippen molar-refractivity contribution in [2.24, 2.45) is 7.05 Å². The summed E-state index contributed by atoms with van der Waals surface area (Å²) in [6.07, 6.45) is 4.48.